The van der Waals surface area contributed by atoms with Gasteiger partial charge in [-0.1, -0.05) is 56.3 Å². The Morgan fingerprint density at radius 3 is 2.41 bits per heavy atom. The van der Waals surface area contributed by atoms with Crippen LogP contribution in [-0.2, 0) is 4.79 Å². The second-order valence-electron chi connectivity index (χ2n) is 9.42. The minimum absolute atomic E-state index is 0.136. The average molecular weight is 464 g/mol. The molecule has 0 spiro atoms. The number of carbonyl (C=O) groups is 1. The molecule has 0 saturated heterocycles. The van der Waals surface area contributed by atoms with Gasteiger partial charge in [0.15, 0.2) is 0 Å². The van der Waals surface area contributed by atoms with E-state index >= 15 is 0 Å². The van der Waals surface area contributed by atoms with E-state index in [1.165, 1.54) is 12.1 Å². The Bertz CT molecular complexity index is 1200. The predicted molar refractivity (Wildman–Crippen MR) is 131 cm³/mol. The summed E-state index contributed by atoms with van der Waals surface area (Å²) in [6, 6.07) is 14.2. The molecule has 0 radical (unpaired) electrons. The topological polar surface area (TPSA) is 90.7 Å². The van der Waals surface area contributed by atoms with Gasteiger partial charge in [0, 0.05) is 28.3 Å². The highest BCUT2D eigenvalue weighted by atomic mass is 19.1. The molecule has 0 amide bonds. The monoisotopic (exact) mass is 463 g/mol. The number of benzene rings is 2. The van der Waals surface area contributed by atoms with E-state index in [0.29, 0.717) is 5.92 Å². The number of nitrogens with zero attached hydrogens (tertiary/aromatic N) is 1. The average Bonchev–Trinajstić information content (AvgIpc) is 3.62. The molecule has 3 N–H and O–H groups in total. The summed E-state index contributed by atoms with van der Waals surface area (Å²) in [4.78, 5) is 16.1. The van der Waals surface area contributed by atoms with Crippen molar-refractivity contribution in [1.82, 2.24) is 4.98 Å². The molecular formula is C28H30FNO4. The fourth-order valence-corrected chi connectivity index (χ4v) is 4.71. The smallest absolute Gasteiger partial charge is 0.305 e. The first-order valence-electron chi connectivity index (χ1n) is 11.7. The summed E-state index contributed by atoms with van der Waals surface area (Å²) in [6.07, 6.45) is 2.87. The molecule has 1 heterocycles. The van der Waals surface area contributed by atoms with Crippen LogP contribution in [0.1, 0.15) is 50.3 Å². The Morgan fingerprint density at radius 2 is 1.79 bits per heavy atom. The number of hydrogen-bond donors (Lipinski definition) is 3. The van der Waals surface area contributed by atoms with Gasteiger partial charge >= 0.3 is 5.97 Å². The number of aliphatic hydroxyl groups excluding tert-OH is 2. The first-order chi connectivity index (χ1) is 16.3. The fourth-order valence-electron chi connectivity index (χ4n) is 4.71. The maximum atomic E-state index is 13.7. The molecule has 5 nitrogen and oxygen atoms in total. The number of halogens is 1. The number of aromatic nitrogens is 1. The van der Waals surface area contributed by atoms with Gasteiger partial charge in [-0.25, -0.2) is 4.39 Å². The molecule has 34 heavy (non-hydrogen) atoms. The third-order valence-electron chi connectivity index (χ3n) is 6.51. The Kier molecular flexibility index (Phi) is 7.10. The second kappa shape index (κ2) is 10.0. The number of pyridine rings is 1. The van der Waals surface area contributed by atoms with Crippen LogP contribution in [0.15, 0.2) is 54.6 Å². The standard InChI is InChI=1S/C28H30FNO4/c1-16(2)26(24(32)15-25(33)34)23(31)14-13-21-27(17-9-11-19(29)12-10-17)20-5-3-4-6-22(20)30-28(21)18-7-8-18/h3-6,9-14,16,18,23-24,26,31-32H,7-8,15H2,1-2H3,(H,33,34). The highest BCUT2D eigenvalue weighted by molar-refractivity contribution is 5.99. The van der Waals surface area contributed by atoms with Crippen LogP contribution in [0.25, 0.3) is 28.1 Å². The van der Waals surface area contributed by atoms with Gasteiger partial charge in [0.2, 0.25) is 0 Å². The molecule has 0 aliphatic heterocycles. The summed E-state index contributed by atoms with van der Waals surface area (Å²) in [6.45, 7) is 3.70. The molecule has 1 aliphatic rings. The second-order valence-corrected chi connectivity index (χ2v) is 9.42. The van der Waals surface area contributed by atoms with Gasteiger partial charge in [-0.3, -0.25) is 9.78 Å². The summed E-state index contributed by atoms with van der Waals surface area (Å²) in [5.41, 5.74) is 4.43. The van der Waals surface area contributed by atoms with Gasteiger partial charge in [0.25, 0.3) is 0 Å². The SMILES string of the molecule is CC(C)C(C(O)C=Cc1c(C2CC2)nc2ccccc2c1-c1ccc(F)cc1)C(O)CC(=O)O. The third kappa shape index (κ3) is 5.18. The van der Waals surface area contributed by atoms with Crippen LogP contribution in [0.2, 0.25) is 0 Å². The maximum Gasteiger partial charge on any atom is 0.305 e. The molecule has 3 unspecified atom stereocenters. The first kappa shape index (κ1) is 24.0. The molecule has 3 aromatic rings. The molecule has 1 aliphatic carbocycles. The van der Waals surface area contributed by atoms with Crippen molar-refractivity contribution in [3.05, 3.63) is 71.7 Å². The number of para-hydroxylation sites is 1. The van der Waals surface area contributed by atoms with Gasteiger partial charge in [-0.05, 0) is 42.5 Å². The maximum absolute atomic E-state index is 13.7. The molecule has 6 heteroatoms. The molecule has 0 bridgehead atoms. The van der Waals surface area contributed by atoms with Crippen LogP contribution in [0, 0.1) is 17.7 Å². The van der Waals surface area contributed by atoms with E-state index in [2.05, 4.69) is 0 Å². The molecule has 178 valence electrons. The van der Waals surface area contributed by atoms with Gasteiger partial charge in [0.05, 0.1) is 29.8 Å². The van der Waals surface area contributed by atoms with E-state index in [0.717, 1.165) is 46.1 Å². The third-order valence-corrected chi connectivity index (χ3v) is 6.51. The van der Waals surface area contributed by atoms with Gasteiger partial charge in [-0.2, -0.15) is 0 Å². The number of fused-ring (bicyclic) bond motifs is 1. The van der Waals surface area contributed by atoms with Crippen molar-refractivity contribution in [3.63, 3.8) is 0 Å². The van der Waals surface area contributed by atoms with Crippen molar-refractivity contribution in [3.8, 4) is 11.1 Å². The van der Waals surface area contributed by atoms with Crippen LogP contribution in [-0.4, -0.2) is 38.5 Å². The van der Waals surface area contributed by atoms with Crippen LogP contribution in [0.4, 0.5) is 4.39 Å². The van der Waals surface area contributed by atoms with Crippen molar-refractivity contribution in [1.29, 1.82) is 0 Å². The largest absolute Gasteiger partial charge is 0.481 e. The number of aliphatic carboxylic acids is 1. The fraction of sp³-hybridized carbons (Fsp3) is 0.357. The van der Waals surface area contributed by atoms with Crippen molar-refractivity contribution in [2.45, 2.75) is 51.2 Å². The number of carboxylic acids is 1. The number of rotatable bonds is 9. The zero-order chi connectivity index (χ0) is 24.4. The lowest BCUT2D eigenvalue weighted by molar-refractivity contribution is -0.140. The Labute approximate surface area is 198 Å². The van der Waals surface area contributed by atoms with Crippen molar-refractivity contribution >= 4 is 22.9 Å². The molecule has 1 fully saturated rings. The van der Waals surface area contributed by atoms with E-state index < -0.39 is 30.5 Å². The van der Waals surface area contributed by atoms with Crippen molar-refractivity contribution < 1.29 is 24.5 Å². The highest BCUT2D eigenvalue weighted by Gasteiger charge is 2.32. The van der Waals surface area contributed by atoms with Crippen LogP contribution in [0.3, 0.4) is 0 Å². The normalized spacial score (nSPS) is 16.8. The summed E-state index contributed by atoms with van der Waals surface area (Å²) >= 11 is 0. The summed E-state index contributed by atoms with van der Waals surface area (Å²) in [7, 11) is 0. The van der Waals surface area contributed by atoms with Crippen LogP contribution >= 0.6 is 0 Å². The Hall–Kier alpha value is -3.09. The lowest BCUT2D eigenvalue weighted by Gasteiger charge is -2.28. The first-order valence-corrected chi connectivity index (χ1v) is 11.7. The van der Waals surface area contributed by atoms with E-state index in [1.54, 1.807) is 18.2 Å². The predicted octanol–water partition coefficient (Wildman–Crippen LogP) is 5.40. The zero-order valence-corrected chi connectivity index (χ0v) is 19.4. The van der Waals surface area contributed by atoms with Gasteiger partial charge in [-0.15, -0.1) is 0 Å². The minimum atomic E-state index is -1.17. The van der Waals surface area contributed by atoms with E-state index in [4.69, 9.17) is 10.1 Å². The lowest BCUT2D eigenvalue weighted by Crippen LogP contribution is -2.36. The molecule has 1 aromatic heterocycles. The highest BCUT2D eigenvalue weighted by Crippen LogP contribution is 2.45. The molecule has 2 aromatic carbocycles. The Morgan fingerprint density at radius 1 is 1.12 bits per heavy atom. The quantitative estimate of drug-likeness (QED) is 0.395. The molecule has 4 rings (SSSR count). The molecule has 1 saturated carbocycles. The van der Waals surface area contributed by atoms with E-state index in [1.807, 2.05) is 44.2 Å². The summed E-state index contributed by atoms with van der Waals surface area (Å²) in [5.74, 6) is -1.88. The summed E-state index contributed by atoms with van der Waals surface area (Å²) < 4.78 is 13.7. The molecule has 3 atom stereocenters. The summed E-state index contributed by atoms with van der Waals surface area (Å²) in [5, 5.41) is 31.4. The zero-order valence-electron chi connectivity index (χ0n) is 19.4. The van der Waals surface area contributed by atoms with Gasteiger partial charge < -0.3 is 15.3 Å². The van der Waals surface area contributed by atoms with Crippen molar-refractivity contribution in [2.24, 2.45) is 11.8 Å². The van der Waals surface area contributed by atoms with Crippen molar-refractivity contribution in [2.75, 3.05) is 0 Å². The van der Waals surface area contributed by atoms with Crippen LogP contribution in [0.5, 0.6) is 0 Å². The Balaban J connectivity index is 1.83. The lowest BCUT2D eigenvalue weighted by atomic mass is 9.83. The molecular weight excluding hydrogens is 433 g/mol. The van der Waals surface area contributed by atoms with Crippen LogP contribution < -0.4 is 0 Å². The number of hydrogen-bond acceptors (Lipinski definition) is 4. The van der Waals surface area contributed by atoms with Gasteiger partial charge in [0.1, 0.15) is 5.82 Å². The number of carboxylic acid groups (broad SMARTS) is 1. The van der Waals surface area contributed by atoms with E-state index in [9.17, 15) is 19.4 Å². The number of aliphatic hydroxyl groups is 2. The van der Waals surface area contributed by atoms with E-state index in [-0.39, 0.29) is 11.7 Å². The minimum Gasteiger partial charge on any atom is -0.481 e.